The first-order valence-corrected chi connectivity index (χ1v) is 5.48. The van der Waals surface area contributed by atoms with Crippen LogP contribution >= 0.6 is 0 Å². The van der Waals surface area contributed by atoms with Crippen LogP contribution in [0.2, 0.25) is 0 Å². The van der Waals surface area contributed by atoms with Crippen molar-refractivity contribution in [3.8, 4) is 0 Å². The standard InChI is InChI=1S/C11H18N4O/c1-4-15(5-2)10(16)8-13-11-12-7-6-9(3)14-11/h6-7H,4-5,8H2,1-3H3,(H,12,13,14). The highest BCUT2D eigenvalue weighted by Crippen LogP contribution is 1.98. The van der Waals surface area contributed by atoms with Crippen molar-refractivity contribution < 1.29 is 4.79 Å². The molecule has 5 heteroatoms. The number of hydrogen-bond donors (Lipinski definition) is 1. The van der Waals surface area contributed by atoms with Crippen LogP contribution in [0.4, 0.5) is 5.95 Å². The maximum Gasteiger partial charge on any atom is 0.241 e. The largest absolute Gasteiger partial charge is 0.345 e. The van der Waals surface area contributed by atoms with Crippen LogP contribution < -0.4 is 5.32 Å². The summed E-state index contributed by atoms with van der Waals surface area (Å²) < 4.78 is 0. The Morgan fingerprint density at radius 2 is 2.12 bits per heavy atom. The van der Waals surface area contributed by atoms with E-state index in [4.69, 9.17) is 0 Å². The number of nitrogens with zero attached hydrogens (tertiary/aromatic N) is 3. The highest BCUT2D eigenvalue weighted by atomic mass is 16.2. The maximum absolute atomic E-state index is 11.7. The lowest BCUT2D eigenvalue weighted by Crippen LogP contribution is -2.35. The fourth-order valence-corrected chi connectivity index (χ4v) is 1.38. The van der Waals surface area contributed by atoms with Crippen molar-refractivity contribution in [3.05, 3.63) is 18.0 Å². The van der Waals surface area contributed by atoms with E-state index in [1.165, 1.54) is 0 Å². The summed E-state index contributed by atoms with van der Waals surface area (Å²) in [4.78, 5) is 21.6. The zero-order valence-electron chi connectivity index (χ0n) is 10.0. The molecule has 1 amide bonds. The number of nitrogens with one attached hydrogen (secondary N) is 1. The molecule has 0 saturated heterocycles. The molecule has 0 unspecified atom stereocenters. The Morgan fingerprint density at radius 1 is 1.44 bits per heavy atom. The first kappa shape index (κ1) is 12.4. The Labute approximate surface area is 95.9 Å². The predicted molar refractivity (Wildman–Crippen MR) is 63.2 cm³/mol. The van der Waals surface area contributed by atoms with Crippen LogP contribution in [-0.4, -0.2) is 40.4 Å². The second kappa shape index (κ2) is 6.05. The van der Waals surface area contributed by atoms with Gasteiger partial charge in [-0.3, -0.25) is 4.79 Å². The van der Waals surface area contributed by atoms with Gasteiger partial charge < -0.3 is 10.2 Å². The molecule has 1 N–H and O–H groups in total. The molecule has 1 aromatic rings. The number of likely N-dealkylation sites (N-methyl/N-ethyl adjacent to an activating group) is 1. The van der Waals surface area contributed by atoms with Gasteiger partial charge in [0.1, 0.15) is 0 Å². The zero-order valence-corrected chi connectivity index (χ0v) is 10.0. The summed E-state index contributed by atoms with van der Waals surface area (Å²) in [6, 6.07) is 1.82. The molecule has 0 spiro atoms. The lowest BCUT2D eigenvalue weighted by Gasteiger charge is -2.18. The minimum Gasteiger partial charge on any atom is -0.345 e. The van der Waals surface area contributed by atoms with Crippen LogP contribution in [0.25, 0.3) is 0 Å². The van der Waals surface area contributed by atoms with E-state index in [0.29, 0.717) is 5.95 Å². The second-order valence-electron chi connectivity index (χ2n) is 3.44. The molecule has 1 aromatic heterocycles. The van der Waals surface area contributed by atoms with Gasteiger partial charge in [0.25, 0.3) is 0 Å². The molecule has 5 nitrogen and oxygen atoms in total. The highest BCUT2D eigenvalue weighted by molar-refractivity contribution is 5.80. The topological polar surface area (TPSA) is 58.1 Å². The Bertz CT molecular complexity index is 350. The molecule has 16 heavy (non-hydrogen) atoms. The number of carbonyl (C=O) groups is 1. The van der Waals surface area contributed by atoms with E-state index in [2.05, 4.69) is 15.3 Å². The van der Waals surface area contributed by atoms with Gasteiger partial charge in [0.2, 0.25) is 11.9 Å². The minimum atomic E-state index is 0.0649. The average Bonchev–Trinajstić information content (AvgIpc) is 2.28. The maximum atomic E-state index is 11.7. The lowest BCUT2D eigenvalue weighted by atomic mass is 10.4. The van der Waals surface area contributed by atoms with E-state index in [-0.39, 0.29) is 12.5 Å². The molecule has 0 radical (unpaired) electrons. The summed E-state index contributed by atoms with van der Waals surface area (Å²) >= 11 is 0. The minimum absolute atomic E-state index is 0.0649. The molecule has 88 valence electrons. The van der Waals surface area contributed by atoms with E-state index >= 15 is 0 Å². The Morgan fingerprint density at radius 3 is 2.69 bits per heavy atom. The van der Waals surface area contributed by atoms with Gasteiger partial charge in [-0.05, 0) is 26.8 Å². The Kier molecular flexibility index (Phi) is 4.69. The summed E-state index contributed by atoms with van der Waals surface area (Å²) in [6.07, 6.45) is 1.67. The summed E-state index contributed by atoms with van der Waals surface area (Å²) in [7, 11) is 0. The van der Waals surface area contributed by atoms with Gasteiger partial charge >= 0.3 is 0 Å². The van der Waals surface area contributed by atoms with Crippen molar-refractivity contribution in [3.63, 3.8) is 0 Å². The molecule has 0 aliphatic carbocycles. The van der Waals surface area contributed by atoms with Crippen molar-refractivity contribution in [2.75, 3.05) is 25.0 Å². The van der Waals surface area contributed by atoms with Gasteiger partial charge in [-0.1, -0.05) is 0 Å². The van der Waals surface area contributed by atoms with Crippen molar-refractivity contribution in [2.24, 2.45) is 0 Å². The lowest BCUT2D eigenvalue weighted by molar-refractivity contribution is -0.128. The Balaban J connectivity index is 2.48. The molecule has 0 aliphatic heterocycles. The van der Waals surface area contributed by atoms with E-state index in [0.717, 1.165) is 18.8 Å². The van der Waals surface area contributed by atoms with Crippen LogP contribution in [0.15, 0.2) is 12.3 Å². The van der Waals surface area contributed by atoms with Crippen molar-refractivity contribution in [1.29, 1.82) is 0 Å². The van der Waals surface area contributed by atoms with Crippen LogP contribution in [0.1, 0.15) is 19.5 Å². The van der Waals surface area contributed by atoms with E-state index in [9.17, 15) is 4.79 Å². The Hall–Kier alpha value is -1.65. The van der Waals surface area contributed by atoms with Crippen LogP contribution in [0.5, 0.6) is 0 Å². The summed E-state index contributed by atoms with van der Waals surface area (Å²) in [5, 5.41) is 2.92. The van der Waals surface area contributed by atoms with E-state index in [1.54, 1.807) is 11.1 Å². The third-order valence-corrected chi connectivity index (χ3v) is 2.31. The number of aromatic nitrogens is 2. The van der Waals surface area contributed by atoms with E-state index in [1.807, 2.05) is 26.8 Å². The van der Waals surface area contributed by atoms with Gasteiger partial charge in [0.05, 0.1) is 6.54 Å². The fraction of sp³-hybridized carbons (Fsp3) is 0.545. The third kappa shape index (κ3) is 3.49. The van der Waals surface area contributed by atoms with Gasteiger partial charge in [0, 0.05) is 25.0 Å². The number of hydrogen-bond acceptors (Lipinski definition) is 4. The number of anilines is 1. The van der Waals surface area contributed by atoms with Crippen molar-refractivity contribution in [1.82, 2.24) is 14.9 Å². The molecule has 0 atom stereocenters. The normalized spacial score (nSPS) is 9.94. The smallest absolute Gasteiger partial charge is 0.241 e. The summed E-state index contributed by atoms with van der Waals surface area (Å²) in [6.45, 7) is 7.51. The SMILES string of the molecule is CCN(CC)C(=O)CNc1nccc(C)n1. The molecule has 0 saturated carbocycles. The van der Waals surface area contributed by atoms with Crippen LogP contribution in [-0.2, 0) is 4.79 Å². The first-order chi connectivity index (χ1) is 7.67. The molecule has 0 bridgehead atoms. The number of rotatable bonds is 5. The van der Waals surface area contributed by atoms with E-state index < -0.39 is 0 Å². The number of amides is 1. The molecule has 0 aliphatic rings. The van der Waals surface area contributed by atoms with Crippen LogP contribution in [0.3, 0.4) is 0 Å². The number of aryl methyl sites for hydroxylation is 1. The average molecular weight is 222 g/mol. The second-order valence-corrected chi connectivity index (χ2v) is 3.44. The quantitative estimate of drug-likeness (QED) is 0.809. The highest BCUT2D eigenvalue weighted by Gasteiger charge is 2.09. The van der Waals surface area contributed by atoms with Crippen molar-refractivity contribution >= 4 is 11.9 Å². The van der Waals surface area contributed by atoms with Gasteiger partial charge in [0.15, 0.2) is 0 Å². The third-order valence-electron chi connectivity index (χ3n) is 2.31. The molecule has 1 rings (SSSR count). The number of carbonyl (C=O) groups excluding carboxylic acids is 1. The van der Waals surface area contributed by atoms with Gasteiger partial charge in [-0.2, -0.15) is 0 Å². The van der Waals surface area contributed by atoms with Crippen molar-refractivity contribution in [2.45, 2.75) is 20.8 Å². The van der Waals surface area contributed by atoms with Gasteiger partial charge in [-0.15, -0.1) is 0 Å². The zero-order chi connectivity index (χ0) is 12.0. The predicted octanol–water partition coefficient (Wildman–Crippen LogP) is 1.07. The van der Waals surface area contributed by atoms with Crippen LogP contribution in [0, 0.1) is 6.92 Å². The molecular formula is C11H18N4O. The monoisotopic (exact) mass is 222 g/mol. The molecular weight excluding hydrogens is 204 g/mol. The fourth-order valence-electron chi connectivity index (χ4n) is 1.38. The first-order valence-electron chi connectivity index (χ1n) is 5.48. The molecule has 0 fully saturated rings. The summed E-state index contributed by atoms with van der Waals surface area (Å²) in [5.41, 5.74) is 0.882. The molecule has 1 heterocycles. The summed E-state index contributed by atoms with van der Waals surface area (Å²) in [5.74, 6) is 0.565. The van der Waals surface area contributed by atoms with Gasteiger partial charge in [-0.25, -0.2) is 9.97 Å². The molecule has 0 aromatic carbocycles.